The van der Waals surface area contributed by atoms with Crippen LogP contribution >= 0.6 is 0 Å². The van der Waals surface area contributed by atoms with Gasteiger partial charge in [0.25, 0.3) is 0 Å². The van der Waals surface area contributed by atoms with Gasteiger partial charge in [-0.05, 0) is 12.8 Å². The molecule has 0 fully saturated rings. The van der Waals surface area contributed by atoms with E-state index >= 15 is 0 Å². The molecular weight excluding hydrogens is 1250 g/mol. The summed E-state index contributed by atoms with van der Waals surface area (Å²) >= 11 is -1.10. The summed E-state index contributed by atoms with van der Waals surface area (Å²) in [5.41, 5.74) is 9.67. The Labute approximate surface area is 486 Å². The van der Waals surface area contributed by atoms with E-state index in [1.54, 1.807) is 18.2 Å². The average molecular weight is 1330 g/mol. The first-order valence-corrected chi connectivity index (χ1v) is 31.5. The number of unbranched alkanes of at least 4 members (excludes halogenated alkanes) is 15. The van der Waals surface area contributed by atoms with Crippen LogP contribution in [0.3, 0.4) is 0 Å². The Morgan fingerprint density at radius 2 is 0.975 bits per heavy atom. The van der Waals surface area contributed by atoms with E-state index in [1.807, 2.05) is 6.08 Å². The normalized spacial score (nSPS) is 12.2. The van der Waals surface area contributed by atoms with E-state index in [9.17, 15) is 54.9 Å². The molecule has 3 aromatic heterocycles. The molecule has 442 valence electrons. The summed E-state index contributed by atoms with van der Waals surface area (Å²) in [6.45, 7) is 3.25. The van der Waals surface area contributed by atoms with E-state index in [1.165, 1.54) is 88.5 Å². The molecule has 3 aromatic carbocycles. The first kappa shape index (κ1) is 67.2. The molecule has 27 nitrogen and oxygen atoms in total. The maximum atomic E-state index is 12.3. The number of aliphatic carboxylic acids is 2. The fourth-order valence-electron chi connectivity index (χ4n) is 8.16. The van der Waals surface area contributed by atoms with Gasteiger partial charge in [0, 0.05) is 0 Å². The molecule has 0 radical (unpaired) electrons. The van der Waals surface area contributed by atoms with Crippen molar-refractivity contribution in [2.75, 3.05) is 42.2 Å². The van der Waals surface area contributed by atoms with Crippen LogP contribution < -0.4 is 27.0 Å². The number of aliphatic hydroxyl groups is 2. The number of anilines is 3. The number of nitro benzene ring substituents is 3. The van der Waals surface area contributed by atoms with E-state index in [0.29, 0.717) is 65.6 Å². The van der Waals surface area contributed by atoms with Crippen molar-refractivity contribution in [2.45, 2.75) is 154 Å². The summed E-state index contributed by atoms with van der Waals surface area (Å²) in [4.78, 5) is 64.8. The topological polar surface area (TPSA) is 413 Å². The van der Waals surface area contributed by atoms with Crippen LogP contribution in [-0.2, 0) is 14.4 Å². The number of hydrogen-bond acceptors (Lipinski definition) is 21. The van der Waals surface area contributed by atoms with Gasteiger partial charge < -0.3 is 10.2 Å². The Morgan fingerprint density at radius 1 is 0.580 bits per heavy atom. The number of allylic oxidation sites excluding steroid dienone is 1. The van der Waals surface area contributed by atoms with Crippen LogP contribution in [0.4, 0.5) is 34.1 Å². The van der Waals surface area contributed by atoms with Crippen molar-refractivity contribution in [1.82, 2.24) is 29.2 Å². The van der Waals surface area contributed by atoms with Gasteiger partial charge in [0.2, 0.25) is 0 Å². The van der Waals surface area contributed by atoms with Crippen molar-refractivity contribution in [3.8, 4) is 0 Å². The number of amides is 1. The summed E-state index contributed by atoms with van der Waals surface area (Å²) in [6.07, 6.45) is 23.0. The van der Waals surface area contributed by atoms with Crippen LogP contribution in [0.15, 0.2) is 48.6 Å². The molecule has 6 rings (SSSR count). The summed E-state index contributed by atoms with van der Waals surface area (Å²) in [5, 5.41) is 82.1. The third-order valence-corrected chi connectivity index (χ3v) is 16.0. The fourth-order valence-corrected chi connectivity index (χ4v) is 11.7. The molecule has 0 aliphatic carbocycles. The third-order valence-electron chi connectivity index (χ3n) is 12.6. The number of nitrogens with two attached hydrogens (primary N) is 1. The number of nitrogens with zero attached hydrogens (tertiary/aromatic N) is 9. The molecule has 0 spiro atoms. The molecule has 0 bridgehead atoms. The van der Waals surface area contributed by atoms with Crippen LogP contribution in [0.5, 0.6) is 0 Å². The second-order valence-electron chi connectivity index (χ2n) is 18.8. The second-order valence-corrected chi connectivity index (χ2v) is 22.2. The van der Waals surface area contributed by atoms with Gasteiger partial charge in [-0.3, -0.25) is 0 Å². The number of benzene rings is 3. The van der Waals surface area contributed by atoms with E-state index < -0.39 is 59.9 Å². The number of aromatic nitrogens is 6. The van der Waals surface area contributed by atoms with Gasteiger partial charge in [0.05, 0.1) is 12.7 Å². The zero-order valence-electron chi connectivity index (χ0n) is 45.1. The standard InChI is InChI=1S/C30H49N5O5Se.C12H14N4O4Se.C9H9N5O4Se/c1-2-3-4-5-6-7-8-9-10-11-12-13-15-18-27(37)25(23-36)32-28(38)19-16-14-17-22-31-24-20-21-26(35(39)40)30-29(24)33-41-34-30;17-10(18)4-2-1-3-7-13-8-5-6-9(16(19)20)12-11(8)14-21-15-12;10-4(9(15)16)3-11-5-1-2-6(14(17)18)8-7(5)12-19-13-8/h15,18,20-21,25,27,31,36-37H,2-14,16-17,19,22-23H2,1H3,(H,32,38);5-6,13H,1-4,7H2,(H,17,18);1-2,4,11H,3,10H2,(H,15,16)/b18-15+;;/t25-,27+;;/m0../s1. The number of rotatable bonds is 37. The molecule has 3 atom stereocenters. The fraction of sp³-hybridized carbons (Fsp3) is 0.549. The number of nitro groups is 3. The summed E-state index contributed by atoms with van der Waals surface area (Å²) in [6, 6.07) is 7.22. The third kappa shape index (κ3) is 23.6. The van der Waals surface area contributed by atoms with Crippen molar-refractivity contribution >= 4 is 130 Å². The van der Waals surface area contributed by atoms with Crippen molar-refractivity contribution in [1.29, 1.82) is 0 Å². The number of aliphatic hydroxyl groups excluding tert-OH is 2. The Bertz CT molecular complexity index is 2960. The van der Waals surface area contributed by atoms with E-state index in [0.717, 1.165) is 49.9 Å². The number of non-ortho nitro benzene ring substituents is 3. The summed E-state index contributed by atoms with van der Waals surface area (Å²) < 4.78 is 24.9. The van der Waals surface area contributed by atoms with Crippen LogP contribution in [0.2, 0.25) is 0 Å². The minimum atomic E-state index is -1.13. The van der Waals surface area contributed by atoms with E-state index in [-0.39, 0.29) is 78.0 Å². The molecule has 0 aliphatic rings. The van der Waals surface area contributed by atoms with Gasteiger partial charge >= 0.3 is 370 Å². The molecule has 0 saturated carbocycles. The molecule has 6 aromatic rings. The van der Waals surface area contributed by atoms with Crippen molar-refractivity contribution in [2.24, 2.45) is 5.73 Å². The minimum absolute atomic E-state index is 0.00209. The predicted molar refractivity (Wildman–Crippen MR) is 310 cm³/mol. The van der Waals surface area contributed by atoms with Gasteiger partial charge in [-0.15, -0.1) is 0 Å². The molecule has 81 heavy (non-hydrogen) atoms. The molecular formula is C51H72N14O13Se3. The number of hydrogen-bond donors (Lipinski definition) is 9. The number of carbonyl (C=O) groups excluding carboxylic acids is 1. The van der Waals surface area contributed by atoms with Gasteiger partial charge in [0.15, 0.2) is 0 Å². The van der Waals surface area contributed by atoms with Gasteiger partial charge in [-0.1, -0.05) is 83.3 Å². The number of carboxylic acid groups (broad SMARTS) is 2. The number of carboxylic acids is 2. The Morgan fingerprint density at radius 3 is 1.38 bits per heavy atom. The number of carbonyl (C=O) groups is 3. The molecule has 0 saturated heterocycles. The molecule has 0 aliphatic heterocycles. The van der Waals surface area contributed by atoms with Crippen molar-refractivity contribution < 1.29 is 49.6 Å². The van der Waals surface area contributed by atoms with Crippen LogP contribution in [-0.4, -0.2) is 166 Å². The summed E-state index contributed by atoms with van der Waals surface area (Å²) in [5.74, 6) is -2.10. The monoisotopic (exact) mass is 1330 g/mol. The van der Waals surface area contributed by atoms with E-state index in [2.05, 4.69) is 52.1 Å². The Balaban J connectivity index is 0.000000292. The van der Waals surface area contributed by atoms with Gasteiger partial charge in [-0.2, -0.15) is 0 Å². The van der Waals surface area contributed by atoms with Crippen molar-refractivity contribution in [3.63, 3.8) is 0 Å². The molecule has 1 unspecified atom stereocenters. The zero-order valence-corrected chi connectivity index (χ0v) is 50.3. The average Bonchev–Trinajstić information content (AvgIpc) is 4.27. The van der Waals surface area contributed by atoms with E-state index in [4.69, 9.17) is 15.9 Å². The molecule has 3 heterocycles. The zero-order chi connectivity index (χ0) is 58.9. The van der Waals surface area contributed by atoms with Crippen LogP contribution in [0.1, 0.15) is 135 Å². The molecule has 30 heteroatoms. The Kier molecular flexibility index (Phi) is 31.2. The quantitative estimate of drug-likeness (QED) is 0.00641. The Hall–Kier alpha value is -6.35. The number of fused-ring (bicyclic) bond motifs is 3. The maximum absolute atomic E-state index is 12.3. The molecule has 10 N–H and O–H groups in total. The predicted octanol–water partition coefficient (Wildman–Crippen LogP) is 6.73. The van der Waals surface area contributed by atoms with Crippen LogP contribution in [0, 0.1) is 30.3 Å². The van der Waals surface area contributed by atoms with Crippen LogP contribution in [0.25, 0.3) is 33.1 Å². The van der Waals surface area contributed by atoms with Gasteiger partial charge in [-0.25, -0.2) is 0 Å². The summed E-state index contributed by atoms with van der Waals surface area (Å²) in [7, 11) is 0. The molecule has 1 amide bonds. The van der Waals surface area contributed by atoms with Gasteiger partial charge in [0.1, 0.15) is 0 Å². The first-order chi connectivity index (χ1) is 39.1. The first-order valence-electron chi connectivity index (χ1n) is 26.9. The number of nitrogens with one attached hydrogen (secondary N) is 4. The van der Waals surface area contributed by atoms with Crippen molar-refractivity contribution in [3.05, 3.63) is 78.9 Å². The SMILES string of the molecule is CCCCCCCCCCCCC/C=C/[C@@H](O)[C@H](CO)NC(=O)CCCCCNc1ccc([N+](=O)[O-])c2n[se]nc12.NC(CNc1ccc([N+](=O)[O-])c2n[se]nc12)C(=O)O.O=C(O)CCCCCNc1ccc([N+](=O)[O-])c2n[se]nc12. The second kappa shape index (κ2) is 37.6.